The number of nitrogens with one attached hydrogen (secondary N) is 3. The molecule has 4 rings (SSSR count). The van der Waals surface area contributed by atoms with Gasteiger partial charge in [0.15, 0.2) is 0 Å². The highest BCUT2D eigenvalue weighted by Crippen LogP contribution is 2.32. The number of hydrogen-bond donors (Lipinski definition) is 3. The van der Waals surface area contributed by atoms with Gasteiger partial charge in [0.2, 0.25) is 5.91 Å². The summed E-state index contributed by atoms with van der Waals surface area (Å²) in [4.78, 5) is 12.5. The number of rotatable bonds is 4. The molecule has 3 aromatic carbocycles. The van der Waals surface area contributed by atoms with Gasteiger partial charge < -0.3 is 5.32 Å². The maximum absolute atomic E-state index is 13.1. The van der Waals surface area contributed by atoms with Gasteiger partial charge >= 0.3 is 6.18 Å². The molecule has 29 heavy (non-hydrogen) atoms. The summed E-state index contributed by atoms with van der Waals surface area (Å²) in [6, 6.07) is 18.7. The first-order valence-corrected chi connectivity index (χ1v) is 9.35. The van der Waals surface area contributed by atoms with Crippen LogP contribution in [0.1, 0.15) is 29.2 Å². The summed E-state index contributed by atoms with van der Waals surface area (Å²) < 4.78 is 39.3. The van der Waals surface area contributed by atoms with Crippen molar-refractivity contribution < 1.29 is 18.0 Å². The van der Waals surface area contributed by atoms with Gasteiger partial charge in [-0.2, -0.15) is 13.2 Å². The highest BCUT2D eigenvalue weighted by Gasteiger charge is 2.34. The second-order valence-electron chi connectivity index (χ2n) is 7.07. The molecule has 1 amide bonds. The Morgan fingerprint density at radius 2 is 1.69 bits per heavy atom. The van der Waals surface area contributed by atoms with Crippen LogP contribution in [0.25, 0.3) is 10.8 Å². The Kier molecular flexibility index (Phi) is 5.25. The lowest BCUT2D eigenvalue weighted by Gasteiger charge is -2.15. The molecule has 2 unspecified atom stereocenters. The minimum atomic E-state index is -4.45. The number of benzene rings is 3. The van der Waals surface area contributed by atoms with Crippen molar-refractivity contribution in [3.05, 3.63) is 83.4 Å². The van der Waals surface area contributed by atoms with Crippen molar-refractivity contribution in [2.75, 3.05) is 0 Å². The maximum Gasteiger partial charge on any atom is 0.416 e. The first-order chi connectivity index (χ1) is 13.9. The number of fused-ring (bicyclic) bond motifs is 1. The molecule has 1 heterocycles. The van der Waals surface area contributed by atoms with Gasteiger partial charge in [-0.25, -0.2) is 10.9 Å². The van der Waals surface area contributed by atoms with Gasteiger partial charge in [-0.05, 0) is 34.4 Å². The van der Waals surface area contributed by atoms with Crippen molar-refractivity contribution in [1.82, 2.24) is 16.2 Å². The Morgan fingerprint density at radius 1 is 0.966 bits per heavy atom. The summed E-state index contributed by atoms with van der Waals surface area (Å²) in [5.74, 6) is -0.336. The average molecular weight is 399 g/mol. The number of alkyl halides is 3. The molecule has 1 aliphatic heterocycles. The molecule has 4 nitrogen and oxygen atoms in total. The van der Waals surface area contributed by atoms with Crippen LogP contribution in [0.15, 0.2) is 66.7 Å². The molecule has 3 N–H and O–H groups in total. The number of hydrazine groups is 1. The molecule has 1 aliphatic rings. The van der Waals surface area contributed by atoms with E-state index in [2.05, 4.69) is 16.2 Å². The SMILES string of the molecule is O=C(NCc1ccccc1C(F)(F)F)C1CC(c2cccc3ccccc23)NN1. The summed E-state index contributed by atoms with van der Waals surface area (Å²) in [5.41, 5.74) is 6.50. The molecule has 2 atom stereocenters. The lowest BCUT2D eigenvalue weighted by Crippen LogP contribution is -2.43. The van der Waals surface area contributed by atoms with E-state index in [9.17, 15) is 18.0 Å². The van der Waals surface area contributed by atoms with Crippen LogP contribution in [0.5, 0.6) is 0 Å². The van der Waals surface area contributed by atoms with Crippen molar-refractivity contribution in [3.63, 3.8) is 0 Å². The smallest absolute Gasteiger partial charge is 0.351 e. The monoisotopic (exact) mass is 399 g/mol. The molecule has 150 valence electrons. The topological polar surface area (TPSA) is 53.2 Å². The molecule has 0 aliphatic carbocycles. The zero-order valence-electron chi connectivity index (χ0n) is 15.5. The molecular weight excluding hydrogens is 379 g/mol. The van der Waals surface area contributed by atoms with Gasteiger partial charge in [0.05, 0.1) is 5.56 Å². The Hall–Kier alpha value is -2.90. The second-order valence-corrected chi connectivity index (χ2v) is 7.07. The van der Waals surface area contributed by atoms with Gasteiger partial charge in [-0.1, -0.05) is 60.7 Å². The van der Waals surface area contributed by atoms with E-state index in [-0.39, 0.29) is 24.1 Å². The zero-order valence-corrected chi connectivity index (χ0v) is 15.5. The molecule has 0 bridgehead atoms. The number of carbonyl (C=O) groups is 1. The zero-order chi connectivity index (χ0) is 20.4. The van der Waals surface area contributed by atoms with Crippen LogP contribution in [0.3, 0.4) is 0 Å². The van der Waals surface area contributed by atoms with Crippen LogP contribution in [0.2, 0.25) is 0 Å². The van der Waals surface area contributed by atoms with Gasteiger partial charge in [0.25, 0.3) is 0 Å². The summed E-state index contributed by atoms with van der Waals surface area (Å²) >= 11 is 0. The summed E-state index contributed by atoms with van der Waals surface area (Å²) in [5, 5.41) is 4.84. The van der Waals surface area contributed by atoms with Crippen LogP contribution >= 0.6 is 0 Å². The fourth-order valence-corrected chi connectivity index (χ4v) is 3.74. The van der Waals surface area contributed by atoms with Crippen LogP contribution < -0.4 is 16.2 Å². The normalized spacial score (nSPS) is 19.4. The fraction of sp³-hybridized carbons (Fsp3) is 0.227. The highest BCUT2D eigenvalue weighted by molar-refractivity contribution is 5.87. The number of amides is 1. The largest absolute Gasteiger partial charge is 0.416 e. The van der Waals surface area contributed by atoms with Crippen molar-refractivity contribution in [3.8, 4) is 0 Å². The van der Waals surface area contributed by atoms with Gasteiger partial charge in [0, 0.05) is 12.6 Å². The summed E-state index contributed by atoms with van der Waals surface area (Å²) in [7, 11) is 0. The lowest BCUT2D eigenvalue weighted by atomic mass is 9.96. The Balaban J connectivity index is 1.43. The number of hydrogen-bond acceptors (Lipinski definition) is 3. The third-order valence-electron chi connectivity index (χ3n) is 5.19. The molecule has 0 aromatic heterocycles. The van der Waals surface area contributed by atoms with E-state index in [1.165, 1.54) is 18.2 Å². The number of halogens is 3. The predicted octanol–water partition coefficient (Wildman–Crippen LogP) is 4.08. The van der Waals surface area contributed by atoms with Crippen molar-refractivity contribution in [2.24, 2.45) is 0 Å². The summed E-state index contributed by atoms with van der Waals surface area (Å²) in [6.07, 6.45) is -3.95. The van der Waals surface area contributed by atoms with Crippen LogP contribution in [0.4, 0.5) is 13.2 Å². The van der Waals surface area contributed by atoms with Crippen LogP contribution in [-0.2, 0) is 17.5 Å². The molecule has 0 radical (unpaired) electrons. The van der Waals surface area contributed by atoms with Crippen molar-refractivity contribution in [2.45, 2.75) is 31.2 Å². The molecular formula is C22H20F3N3O. The molecule has 1 saturated heterocycles. The van der Waals surface area contributed by atoms with Crippen molar-refractivity contribution >= 4 is 16.7 Å². The Bertz CT molecular complexity index is 1030. The molecule has 3 aromatic rings. The van der Waals surface area contributed by atoms with Gasteiger partial charge in [-0.3, -0.25) is 4.79 Å². The molecule has 0 saturated carbocycles. The van der Waals surface area contributed by atoms with Gasteiger partial charge in [0.1, 0.15) is 6.04 Å². The molecule has 0 spiro atoms. The first kappa shape index (κ1) is 19.4. The highest BCUT2D eigenvalue weighted by atomic mass is 19.4. The number of carbonyl (C=O) groups excluding carboxylic acids is 1. The van der Waals surface area contributed by atoms with E-state index in [0.29, 0.717) is 6.42 Å². The van der Waals surface area contributed by atoms with E-state index >= 15 is 0 Å². The Morgan fingerprint density at radius 3 is 2.52 bits per heavy atom. The fourth-order valence-electron chi connectivity index (χ4n) is 3.74. The average Bonchev–Trinajstić information content (AvgIpc) is 3.21. The Labute approximate surface area is 166 Å². The third-order valence-corrected chi connectivity index (χ3v) is 5.19. The van der Waals surface area contributed by atoms with E-state index in [1.54, 1.807) is 0 Å². The molecule has 7 heteroatoms. The third kappa shape index (κ3) is 4.11. The van der Waals surface area contributed by atoms with Crippen LogP contribution in [-0.4, -0.2) is 11.9 Å². The summed E-state index contributed by atoms with van der Waals surface area (Å²) in [6.45, 7) is -0.175. The first-order valence-electron chi connectivity index (χ1n) is 9.35. The van der Waals surface area contributed by atoms with E-state index in [4.69, 9.17) is 0 Å². The van der Waals surface area contributed by atoms with E-state index < -0.39 is 17.8 Å². The second kappa shape index (κ2) is 7.85. The van der Waals surface area contributed by atoms with Gasteiger partial charge in [-0.15, -0.1) is 0 Å². The maximum atomic E-state index is 13.1. The van der Waals surface area contributed by atoms with E-state index in [1.807, 2.05) is 42.5 Å². The minimum absolute atomic E-state index is 0.0462. The van der Waals surface area contributed by atoms with Crippen molar-refractivity contribution in [1.29, 1.82) is 0 Å². The van der Waals surface area contributed by atoms with E-state index in [0.717, 1.165) is 22.4 Å². The minimum Gasteiger partial charge on any atom is -0.351 e. The quantitative estimate of drug-likeness (QED) is 0.620. The van der Waals surface area contributed by atoms with Crippen LogP contribution in [0, 0.1) is 0 Å². The standard InChI is InChI=1S/C22H20F3N3O/c23-22(24,25)18-11-4-2-7-15(18)13-26-21(29)20-12-19(27-28-20)17-10-5-8-14-6-1-3-9-16(14)17/h1-11,19-20,27-28H,12-13H2,(H,26,29). The lowest BCUT2D eigenvalue weighted by molar-refractivity contribution is -0.138. The predicted molar refractivity (Wildman–Crippen MR) is 105 cm³/mol. The molecule has 1 fully saturated rings.